The maximum Gasteiger partial charge on any atom is 0.310 e. The van der Waals surface area contributed by atoms with Crippen LogP contribution in [0.5, 0.6) is 0 Å². The van der Waals surface area contributed by atoms with Crippen molar-refractivity contribution in [2.24, 2.45) is 5.41 Å². The first-order valence-corrected chi connectivity index (χ1v) is 7.14. The van der Waals surface area contributed by atoms with E-state index in [0.29, 0.717) is 25.7 Å². The SMILES string of the molecule is CCC(CC)(CC(=O)NC1CCC(O)CC1)C(=O)O. The van der Waals surface area contributed by atoms with Crippen molar-refractivity contribution in [2.75, 3.05) is 0 Å². The molecule has 0 saturated heterocycles. The first-order valence-electron chi connectivity index (χ1n) is 7.14. The van der Waals surface area contributed by atoms with Crippen molar-refractivity contribution in [1.82, 2.24) is 5.32 Å². The van der Waals surface area contributed by atoms with Crippen molar-refractivity contribution in [1.29, 1.82) is 0 Å². The second-order valence-electron chi connectivity index (χ2n) is 5.54. The molecule has 1 rings (SSSR count). The number of rotatable bonds is 6. The second-order valence-corrected chi connectivity index (χ2v) is 5.54. The molecule has 0 aromatic rings. The van der Waals surface area contributed by atoms with Gasteiger partial charge in [-0.1, -0.05) is 13.8 Å². The summed E-state index contributed by atoms with van der Waals surface area (Å²) >= 11 is 0. The molecule has 1 amide bonds. The number of hydrogen-bond acceptors (Lipinski definition) is 3. The normalized spacial score (nSPS) is 23.9. The third-order valence-electron chi connectivity index (χ3n) is 4.37. The molecule has 3 N–H and O–H groups in total. The summed E-state index contributed by atoms with van der Waals surface area (Å²) in [6.07, 6.45) is 3.64. The highest BCUT2D eigenvalue weighted by Crippen LogP contribution is 2.31. The van der Waals surface area contributed by atoms with Crippen LogP contribution >= 0.6 is 0 Å². The zero-order chi connectivity index (χ0) is 14.5. The van der Waals surface area contributed by atoms with Gasteiger partial charge in [0.15, 0.2) is 0 Å². The lowest BCUT2D eigenvalue weighted by atomic mass is 9.79. The minimum atomic E-state index is -0.946. The van der Waals surface area contributed by atoms with Crippen molar-refractivity contribution in [3.8, 4) is 0 Å². The quantitative estimate of drug-likeness (QED) is 0.686. The number of nitrogens with one attached hydrogen (secondary N) is 1. The summed E-state index contributed by atoms with van der Waals surface area (Å²) in [5, 5.41) is 21.6. The van der Waals surface area contributed by atoms with Gasteiger partial charge in [-0.15, -0.1) is 0 Å². The van der Waals surface area contributed by atoms with E-state index in [4.69, 9.17) is 0 Å². The predicted molar refractivity (Wildman–Crippen MR) is 71.7 cm³/mol. The molecule has 0 heterocycles. The Kier molecular flexibility index (Phi) is 5.79. The van der Waals surface area contributed by atoms with E-state index in [0.717, 1.165) is 12.8 Å². The van der Waals surface area contributed by atoms with E-state index in [9.17, 15) is 19.8 Å². The lowest BCUT2D eigenvalue weighted by Gasteiger charge is -2.29. The smallest absolute Gasteiger partial charge is 0.310 e. The zero-order valence-electron chi connectivity index (χ0n) is 11.8. The average Bonchev–Trinajstić information content (AvgIpc) is 2.38. The Morgan fingerprint density at radius 3 is 2.11 bits per heavy atom. The van der Waals surface area contributed by atoms with Crippen LogP contribution in [0.2, 0.25) is 0 Å². The van der Waals surface area contributed by atoms with Gasteiger partial charge in [0, 0.05) is 12.5 Å². The van der Waals surface area contributed by atoms with Crippen LogP contribution in [0.4, 0.5) is 0 Å². The molecule has 19 heavy (non-hydrogen) atoms. The number of carbonyl (C=O) groups excluding carboxylic acids is 1. The highest BCUT2D eigenvalue weighted by atomic mass is 16.4. The maximum absolute atomic E-state index is 12.0. The van der Waals surface area contributed by atoms with Crippen molar-refractivity contribution in [3.05, 3.63) is 0 Å². The van der Waals surface area contributed by atoms with Crippen LogP contribution in [0.15, 0.2) is 0 Å². The molecule has 0 unspecified atom stereocenters. The van der Waals surface area contributed by atoms with Gasteiger partial charge in [0.1, 0.15) is 0 Å². The van der Waals surface area contributed by atoms with E-state index in [1.807, 2.05) is 13.8 Å². The minimum absolute atomic E-state index is 0.0361. The molecule has 1 fully saturated rings. The lowest BCUT2D eigenvalue weighted by molar-refractivity contribution is -0.152. The van der Waals surface area contributed by atoms with Crippen LogP contribution in [0, 0.1) is 5.41 Å². The fourth-order valence-electron chi connectivity index (χ4n) is 2.68. The molecule has 1 saturated carbocycles. The topological polar surface area (TPSA) is 86.6 Å². The highest BCUT2D eigenvalue weighted by molar-refractivity contribution is 5.85. The Morgan fingerprint density at radius 2 is 1.68 bits per heavy atom. The van der Waals surface area contributed by atoms with E-state index in [1.54, 1.807) is 0 Å². The largest absolute Gasteiger partial charge is 0.481 e. The Morgan fingerprint density at radius 1 is 1.16 bits per heavy atom. The van der Waals surface area contributed by atoms with Crippen molar-refractivity contribution in [3.63, 3.8) is 0 Å². The standard InChI is InChI=1S/C14H25NO4/c1-3-14(4-2,13(18)19)9-12(17)15-10-5-7-11(16)8-6-10/h10-11,16H,3-9H2,1-2H3,(H,15,17)(H,18,19). The zero-order valence-corrected chi connectivity index (χ0v) is 11.8. The summed E-state index contributed by atoms with van der Waals surface area (Å²) in [6, 6.07) is 0.0797. The maximum atomic E-state index is 12.0. The summed E-state index contributed by atoms with van der Waals surface area (Å²) in [5.41, 5.74) is -0.946. The van der Waals surface area contributed by atoms with Crippen LogP contribution in [-0.2, 0) is 9.59 Å². The van der Waals surface area contributed by atoms with Gasteiger partial charge in [0.2, 0.25) is 5.91 Å². The molecule has 0 atom stereocenters. The van der Waals surface area contributed by atoms with Gasteiger partial charge in [0.05, 0.1) is 11.5 Å². The Bertz CT molecular complexity index is 317. The molecule has 1 aliphatic rings. The molecule has 0 aromatic carbocycles. The summed E-state index contributed by atoms with van der Waals surface area (Å²) < 4.78 is 0. The lowest BCUT2D eigenvalue weighted by Crippen LogP contribution is -2.42. The van der Waals surface area contributed by atoms with Gasteiger partial charge in [0.25, 0.3) is 0 Å². The minimum Gasteiger partial charge on any atom is -0.481 e. The van der Waals surface area contributed by atoms with E-state index in [2.05, 4.69) is 5.32 Å². The molecular formula is C14H25NO4. The second kappa shape index (κ2) is 6.89. The summed E-state index contributed by atoms with van der Waals surface area (Å²) in [5.74, 6) is -1.08. The predicted octanol–water partition coefficient (Wildman–Crippen LogP) is 1.69. The first-order chi connectivity index (χ1) is 8.93. The molecule has 0 spiro atoms. The van der Waals surface area contributed by atoms with Crippen LogP contribution in [0.25, 0.3) is 0 Å². The van der Waals surface area contributed by atoms with Gasteiger partial charge in [-0.3, -0.25) is 9.59 Å². The summed E-state index contributed by atoms with van der Waals surface area (Å²) in [7, 11) is 0. The molecule has 110 valence electrons. The monoisotopic (exact) mass is 271 g/mol. The van der Waals surface area contributed by atoms with Gasteiger partial charge in [-0.25, -0.2) is 0 Å². The molecule has 0 bridgehead atoms. The molecule has 5 heteroatoms. The Balaban J connectivity index is 2.51. The number of carboxylic acid groups (broad SMARTS) is 1. The number of amides is 1. The van der Waals surface area contributed by atoms with E-state index in [-0.39, 0.29) is 24.5 Å². The van der Waals surface area contributed by atoms with Crippen LogP contribution < -0.4 is 5.32 Å². The fourth-order valence-corrected chi connectivity index (χ4v) is 2.68. The fraction of sp³-hybridized carbons (Fsp3) is 0.857. The number of aliphatic carboxylic acids is 1. The van der Waals surface area contributed by atoms with Gasteiger partial charge in [-0.05, 0) is 38.5 Å². The number of aliphatic hydroxyl groups is 1. The number of hydrogen-bond donors (Lipinski definition) is 3. The summed E-state index contributed by atoms with van der Waals surface area (Å²) in [6.45, 7) is 3.61. The molecule has 0 radical (unpaired) electrons. The third kappa shape index (κ3) is 4.20. The van der Waals surface area contributed by atoms with Crippen molar-refractivity contribution >= 4 is 11.9 Å². The third-order valence-corrected chi connectivity index (χ3v) is 4.37. The van der Waals surface area contributed by atoms with Crippen LogP contribution in [0.3, 0.4) is 0 Å². The van der Waals surface area contributed by atoms with Gasteiger partial charge < -0.3 is 15.5 Å². The van der Waals surface area contributed by atoms with Gasteiger partial charge >= 0.3 is 5.97 Å². The van der Waals surface area contributed by atoms with Crippen molar-refractivity contribution in [2.45, 2.75) is 70.9 Å². The summed E-state index contributed by atoms with van der Waals surface area (Å²) in [4.78, 5) is 23.3. The number of carbonyl (C=O) groups is 2. The molecule has 1 aliphatic carbocycles. The number of aliphatic hydroxyl groups excluding tert-OH is 1. The average molecular weight is 271 g/mol. The van der Waals surface area contributed by atoms with E-state index in [1.165, 1.54) is 0 Å². The Hall–Kier alpha value is -1.10. The Labute approximate surface area is 114 Å². The molecule has 0 aliphatic heterocycles. The molecule has 0 aromatic heterocycles. The number of carboxylic acids is 1. The van der Waals surface area contributed by atoms with E-state index < -0.39 is 11.4 Å². The van der Waals surface area contributed by atoms with Gasteiger partial charge in [-0.2, -0.15) is 0 Å². The van der Waals surface area contributed by atoms with Crippen LogP contribution in [0.1, 0.15) is 58.8 Å². The highest BCUT2D eigenvalue weighted by Gasteiger charge is 2.37. The first kappa shape index (κ1) is 16.0. The van der Waals surface area contributed by atoms with Crippen molar-refractivity contribution < 1.29 is 19.8 Å². The van der Waals surface area contributed by atoms with Crippen LogP contribution in [-0.4, -0.2) is 34.2 Å². The molecular weight excluding hydrogens is 246 g/mol. The van der Waals surface area contributed by atoms with E-state index >= 15 is 0 Å². The molecule has 5 nitrogen and oxygen atoms in total.